The van der Waals surface area contributed by atoms with Gasteiger partial charge in [0.25, 0.3) is 0 Å². The molecule has 1 spiro atoms. The van der Waals surface area contributed by atoms with Crippen LogP contribution in [-0.2, 0) is 19.1 Å². The van der Waals surface area contributed by atoms with Crippen molar-refractivity contribution in [3.05, 3.63) is 0 Å². The number of nitrogens with one attached hydrogen (secondary N) is 1. The van der Waals surface area contributed by atoms with Gasteiger partial charge < -0.3 is 29.5 Å². The number of likely N-dealkylation sites (tertiary alicyclic amines) is 2. The zero-order chi connectivity index (χ0) is 25.2. The fraction of sp³-hybridized carbons (Fsp3) is 0.926. The van der Waals surface area contributed by atoms with Gasteiger partial charge in [-0.1, -0.05) is 27.7 Å². The minimum absolute atomic E-state index is 0.0160. The third kappa shape index (κ3) is 6.38. The van der Waals surface area contributed by atoms with Crippen LogP contribution in [-0.4, -0.2) is 103 Å². The number of nitrogens with zero attached hydrogens (tertiary/aromatic N) is 3. The van der Waals surface area contributed by atoms with Gasteiger partial charge in [-0.05, 0) is 51.1 Å². The number of hydrogen-bond donors (Lipinski definition) is 1. The van der Waals surface area contributed by atoms with Gasteiger partial charge in [0, 0.05) is 51.0 Å². The molecule has 1 N–H and O–H groups in total. The van der Waals surface area contributed by atoms with Gasteiger partial charge >= 0.3 is 0 Å². The first-order valence-corrected chi connectivity index (χ1v) is 14.0. The molecule has 4 rings (SSSR count). The number of rotatable bonds is 8. The monoisotopic (exact) mass is 492 g/mol. The summed E-state index contributed by atoms with van der Waals surface area (Å²) >= 11 is 0. The van der Waals surface area contributed by atoms with E-state index in [1.807, 2.05) is 9.80 Å². The first-order chi connectivity index (χ1) is 16.7. The highest BCUT2D eigenvalue weighted by molar-refractivity contribution is 5.90. The Kier molecular flexibility index (Phi) is 8.78. The third-order valence-corrected chi connectivity index (χ3v) is 8.17. The van der Waals surface area contributed by atoms with Gasteiger partial charge in [-0.25, -0.2) is 0 Å². The van der Waals surface area contributed by atoms with Gasteiger partial charge in [0.15, 0.2) is 5.79 Å². The number of carbonyl (C=O) groups is 2. The average molecular weight is 493 g/mol. The SMILES string of the molecule is CC(C)C[C@@H]1NCCN([C@@H](CC(C)C)C(=O)N2CC[C@]3(C[C@@H]2C)OC[C@H](CN2CCC2)CO3)C1=O. The average Bonchev–Trinajstić information content (AvgIpc) is 2.77. The summed E-state index contributed by atoms with van der Waals surface area (Å²) in [5.74, 6) is 0.791. The normalized spacial score (nSPS) is 33.5. The van der Waals surface area contributed by atoms with Gasteiger partial charge in [-0.3, -0.25) is 9.59 Å². The minimum atomic E-state index is -0.567. The number of carbonyl (C=O) groups excluding carboxylic acids is 2. The quantitative estimate of drug-likeness (QED) is 0.561. The van der Waals surface area contributed by atoms with Crippen LogP contribution in [0.2, 0.25) is 0 Å². The van der Waals surface area contributed by atoms with Crippen LogP contribution in [0.5, 0.6) is 0 Å². The lowest BCUT2D eigenvalue weighted by Gasteiger charge is -2.50. The van der Waals surface area contributed by atoms with E-state index in [1.165, 1.54) is 19.5 Å². The Bertz CT molecular complexity index is 733. The van der Waals surface area contributed by atoms with Crippen LogP contribution in [0.25, 0.3) is 0 Å². The molecule has 3 atom stereocenters. The van der Waals surface area contributed by atoms with Crippen LogP contribution in [0.3, 0.4) is 0 Å². The van der Waals surface area contributed by atoms with Gasteiger partial charge in [0.2, 0.25) is 11.8 Å². The van der Waals surface area contributed by atoms with Crippen LogP contribution < -0.4 is 5.32 Å². The van der Waals surface area contributed by atoms with E-state index in [4.69, 9.17) is 9.47 Å². The molecular formula is C27H48N4O4. The summed E-state index contributed by atoms with van der Waals surface area (Å²) in [4.78, 5) is 33.6. The van der Waals surface area contributed by atoms with Crippen LogP contribution >= 0.6 is 0 Å². The molecule has 4 aliphatic heterocycles. The van der Waals surface area contributed by atoms with Crippen LogP contribution in [0, 0.1) is 17.8 Å². The summed E-state index contributed by atoms with van der Waals surface area (Å²) in [6, 6.07) is -0.575. The summed E-state index contributed by atoms with van der Waals surface area (Å²) in [6.45, 7) is 17.5. The molecule has 0 unspecified atom stereocenters. The van der Waals surface area contributed by atoms with Crippen molar-refractivity contribution in [1.82, 2.24) is 20.0 Å². The molecule has 0 bridgehead atoms. The molecule has 200 valence electrons. The molecule has 0 aromatic heterocycles. The highest BCUT2D eigenvalue weighted by Gasteiger charge is 2.47. The fourth-order valence-electron chi connectivity index (χ4n) is 6.15. The van der Waals surface area contributed by atoms with E-state index in [0.717, 1.165) is 32.7 Å². The number of piperidine rings is 1. The second-order valence-corrected chi connectivity index (χ2v) is 12.2. The van der Waals surface area contributed by atoms with Gasteiger partial charge in [-0.15, -0.1) is 0 Å². The van der Waals surface area contributed by atoms with Crippen molar-refractivity contribution in [2.45, 2.75) is 90.6 Å². The highest BCUT2D eigenvalue weighted by Crippen LogP contribution is 2.36. The van der Waals surface area contributed by atoms with Crippen molar-refractivity contribution in [3.8, 4) is 0 Å². The predicted molar refractivity (Wildman–Crippen MR) is 136 cm³/mol. The Morgan fingerprint density at radius 1 is 1.09 bits per heavy atom. The molecule has 4 fully saturated rings. The van der Waals surface area contributed by atoms with Crippen molar-refractivity contribution in [2.24, 2.45) is 17.8 Å². The predicted octanol–water partition coefficient (Wildman–Crippen LogP) is 2.32. The molecule has 0 aromatic rings. The second kappa shape index (κ2) is 11.4. The largest absolute Gasteiger partial charge is 0.349 e. The van der Waals surface area contributed by atoms with E-state index in [2.05, 4.69) is 44.8 Å². The van der Waals surface area contributed by atoms with Gasteiger partial charge in [0.05, 0.1) is 19.3 Å². The van der Waals surface area contributed by atoms with Crippen molar-refractivity contribution in [1.29, 1.82) is 0 Å². The smallest absolute Gasteiger partial charge is 0.245 e. The molecule has 35 heavy (non-hydrogen) atoms. The van der Waals surface area contributed by atoms with E-state index in [1.54, 1.807) is 0 Å². The maximum absolute atomic E-state index is 13.9. The Morgan fingerprint density at radius 2 is 1.80 bits per heavy atom. The maximum Gasteiger partial charge on any atom is 0.245 e. The standard InChI is InChI=1S/C27H48N4O4/c1-19(2)13-23-25(32)31(12-8-28-23)24(14-20(3)4)26(33)30-11-7-27(15-21(30)5)34-17-22(18-35-27)16-29-9-6-10-29/h19-24,28H,6-18H2,1-5H3/t21-,22-,23-,24-,27-/m0/s1. The molecular weight excluding hydrogens is 444 g/mol. The van der Waals surface area contributed by atoms with Crippen molar-refractivity contribution < 1.29 is 19.1 Å². The molecule has 0 saturated carbocycles. The molecule has 0 aliphatic carbocycles. The summed E-state index contributed by atoms with van der Waals surface area (Å²) < 4.78 is 12.7. The highest BCUT2D eigenvalue weighted by atomic mass is 16.7. The zero-order valence-electron chi connectivity index (χ0n) is 22.6. The topological polar surface area (TPSA) is 74.3 Å². The van der Waals surface area contributed by atoms with E-state index in [-0.39, 0.29) is 23.9 Å². The second-order valence-electron chi connectivity index (χ2n) is 12.2. The lowest BCUT2D eigenvalue weighted by molar-refractivity contribution is -0.304. The summed E-state index contributed by atoms with van der Waals surface area (Å²) in [5, 5.41) is 3.37. The molecule has 0 aromatic carbocycles. The van der Waals surface area contributed by atoms with Crippen molar-refractivity contribution in [3.63, 3.8) is 0 Å². The molecule has 8 nitrogen and oxygen atoms in total. The Balaban J connectivity index is 1.38. The summed E-state index contributed by atoms with van der Waals surface area (Å²) in [7, 11) is 0. The fourth-order valence-corrected chi connectivity index (χ4v) is 6.15. The van der Waals surface area contributed by atoms with Crippen molar-refractivity contribution in [2.75, 3.05) is 52.5 Å². The molecule has 4 saturated heterocycles. The van der Waals surface area contributed by atoms with E-state index < -0.39 is 11.8 Å². The van der Waals surface area contributed by atoms with Gasteiger partial charge in [-0.2, -0.15) is 0 Å². The third-order valence-electron chi connectivity index (χ3n) is 8.17. The van der Waals surface area contributed by atoms with Crippen molar-refractivity contribution >= 4 is 11.8 Å². The maximum atomic E-state index is 13.9. The summed E-state index contributed by atoms with van der Waals surface area (Å²) in [6.07, 6.45) is 4.18. The minimum Gasteiger partial charge on any atom is -0.349 e. The molecule has 4 heterocycles. The lowest BCUT2D eigenvalue weighted by Crippen LogP contribution is -2.64. The van der Waals surface area contributed by atoms with Gasteiger partial charge in [0.1, 0.15) is 6.04 Å². The van der Waals surface area contributed by atoms with Crippen LogP contribution in [0.15, 0.2) is 0 Å². The Hall–Kier alpha value is -1.22. The first-order valence-electron chi connectivity index (χ1n) is 14.0. The zero-order valence-corrected chi connectivity index (χ0v) is 22.6. The van der Waals surface area contributed by atoms with Crippen LogP contribution in [0.1, 0.15) is 66.7 Å². The Labute approximate surface area is 212 Å². The Morgan fingerprint density at radius 3 is 2.37 bits per heavy atom. The van der Waals surface area contributed by atoms with Crippen LogP contribution in [0.4, 0.5) is 0 Å². The number of piperazine rings is 1. The number of hydrogen-bond acceptors (Lipinski definition) is 6. The lowest BCUT2D eigenvalue weighted by atomic mass is 9.92. The first kappa shape index (κ1) is 26.8. The molecule has 0 radical (unpaired) electrons. The molecule has 2 amide bonds. The summed E-state index contributed by atoms with van der Waals surface area (Å²) in [5.41, 5.74) is 0. The number of ether oxygens (including phenoxy) is 2. The van der Waals surface area contributed by atoms with E-state index in [0.29, 0.717) is 50.1 Å². The number of amides is 2. The molecule has 8 heteroatoms. The van der Waals surface area contributed by atoms with E-state index in [9.17, 15) is 9.59 Å². The molecule has 4 aliphatic rings. The van der Waals surface area contributed by atoms with E-state index >= 15 is 0 Å².